The predicted molar refractivity (Wildman–Crippen MR) is 142 cm³/mol. The number of hydrogen-bond donors (Lipinski definition) is 0. The Morgan fingerprint density at radius 2 is 1.17 bits per heavy atom. The number of rotatable bonds is 9. The molecule has 7 atom stereocenters. The van der Waals surface area contributed by atoms with Crippen molar-refractivity contribution in [2.75, 3.05) is 0 Å². The van der Waals surface area contributed by atoms with Gasteiger partial charge in [0.15, 0.2) is 0 Å². The molecule has 4 rings (SSSR count). The highest BCUT2D eigenvalue weighted by atomic mass is 19.2. The van der Waals surface area contributed by atoms with Gasteiger partial charge in [0.1, 0.15) is 18.5 Å². The molecule has 0 aromatic rings. The van der Waals surface area contributed by atoms with Gasteiger partial charge in [-0.05, 0) is 118 Å². The van der Waals surface area contributed by atoms with Gasteiger partial charge in [-0.2, -0.15) is 0 Å². The minimum Gasteiger partial charge on any atom is -0.247 e. The van der Waals surface area contributed by atoms with Crippen molar-refractivity contribution in [3.8, 4) is 0 Å². The maximum Gasteiger partial charge on any atom is 0.134 e. The summed E-state index contributed by atoms with van der Waals surface area (Å²) in [5, 5.41) is 0. The van der Waals surface area contributed by atoms with E-state index in [4.69, 9.17) is 0 Å². The summed E-state index contributed by atoms with van der Waals surface area (Å²) in [5.74, 6) is 3.46. The van der Waals surface area contributed by atoms with Gasteiger partial charge >= 0.3 is 0 Å². The number of hydrogen-bond acceptors (Lipinski definition) is 0. The lowest BCUT2D eigenvalue weighted by Crippen LogP contribution is -2.42. The van der Waals surface area contributed by atoms with E-state index < -0.39 is 18.5 Å². The largest absolute Gasteiger partial charge is 0.247 e. The molecule has 4 fully saturated rings. The minimum atomic E-state index is -1.24. The second-order valence-electron chi connectivity index (χ2n) is 13.4. The summed E-state index contributed by atoms with van der Waals surface area (Å²) in [6.45, 7) is 4.46. The maximum absolute atomic E-state index is 15.2. The topological polar surface area (TPSA) is 0 Å². The summed E-state index contributed by atoms with van der Waals surface area (Å²) in [6.07, 6.45) is 18.1. The Bertz CT molecular complexity index is 592. The predicted octanol–water partition coefficient (Wildman–Crippen LogP) is 10.4. The van der Waals surface area contributed by atoms with E-state index in [0.717, 1.165) is 63.7 Å². The fourth-order valence-corrected chi connectivity index (χ4v) is 8.87. The molecule has 0 N–H and O–H groups in total. The van der Waals surface area contributed by atoms with Gasteiger partial charge in [-0.1, -0.05) is 65.2 Å². The molecular weight excluding hydrogens is 441 g/mol. The first-order valence-electron chi connectivity index (χ1n) is 15.9. The number of unbranched alkanes of at least 4 members (excludes halogenated alkanes) is 1. The Balaban J connectivity index is 1.15. The molecule has 4 aliphatic carbocycles. The van der Waals surface area contributed by atoms with Crippen molar-refractivity contribution in [2.24, 2.45) is 47.3 Å². The number of alkyl halides is 3. The van der Waals surface area contributed by atoms with Gasteiger partial charge in [0.25, 0.3) is 0 Å². The fourth-order valence-electron chi connectivity index (χ4n) is 8.87. The summed E-state index contributed by atoms with van der Waals surface area (Å²) in [5.41, 5.74) is 0. The first kappa shape index (κ1) is 27.8. The van der Waals surface area contributed by atoms with Gasteiger partial charge < -0.3 is 0 Å². The van der Waals surface area contributed by atoms with Crippen LogP contribution < -0.4 is 0 Å². The first-order chi connectivity index (χ1) is 17.0. The van der Waals surface area contributed by atoms with Crippen molar-refractivity contribution in [3.63, 3.8) is 0 Å². The van der Waals surface area contributed by atoms with E-state index in [0.29, 0.717) is 29.6 Å². The average Bonchev–Trinajstić information content (AvgIpc) is 2.89. The first-order valence-corrected chi connectivity index (χ1v) is 15.9. The highest BCUT2D eigenvalue weighted by molar-refractivity contribution is 4.93. The Kier molecular flexibility index (Phi) is 10.8. The molecule has 0 spiro atoms. The molecule has 4 saturated carbocycles. The Morgan fingerprint density at radius 1 is 0.543 bits per heavy atom. The molecule has 204 valence electrons. The van der Waals surface area contributed by atoms with Crippen LogP contribution in [0.15, 0.2) is 0 Å². The van der Waals surface area contributed by atoms with Gasteiger partial charge in [0.2, 0.25) is 0 Å². The standard InChI is InChI=1S/C32H55F3/c1-3-5-6-26-17-18-28(21-30(26)33)24-12-9-23(10-13-24)11-16-27-19-20-29(32(35)31(27)34)25-14-7-22(4-2)8-15-25/h22-32H,3-21H2,1-2H3/t22?,23-,24+,25?,26-,27-,28?,29-,30?,31?,32?/m0/s1. The molecule has 0 amide bonds. The molecular formula is C32H55F3. The van der Waals surface area contributed by atoms with Gasteiger partial charge in [0.05, 0.1) is 0 Å². The monoisotopic (exact) mass is 496 g/mol. The maximum atomic E-state index is 15.2. The van der Waals surface area contributed by atoms with Gasteiger partial charge in [0, 0.05) is 0 Å². The van der Waals surface area contributed by atoms with Crippen LogP contribution in [0.5, 0.6) is 0 Å². The third-order valence-corrected chi connectivity index (χ3v) is 11.5. The van der Waals surface area contributed by atoms with Crippen LogP contribution in [-0.4, -0.2) is 18.5 Å². The normalized spacial score (nSPS) is 45.3. The van der Waals surface area contributed by atoms with Crippen LogP contribution in [0.3, 0.4) is 0 Å². The van der Waals surface area contributed by atoms with Crippen LogP contribution in [0, 0.1) is 47.3 Å². The molecule has 0 bridgehead atoms. The fraction of sp³-hybridized carbons (Fsp3) is 1.00. The molecule has 35 heavy (non-hydrogen) atoms. The zero-order valence-corrected chi connectivity index (χ0v) is 22.9. The molecule has 0 aromatic carbocycles. The number of halogens is 3. The van der Waals surface area contributed by atoms with Crippen molar-refractivity contribution in [1.82, 2.24) is 0 Å². The Morgan fingerprint density at radius 3 is 1.83 bits per heavy atom. The summed E-state index contributed by atoms with van der Waals surface area (Å²) in [4.78, 5) is 0. The third-order valence-electron chi connectivity index (χ3n) is 11.5. The van der Waals surface area contributed by atoms with Crippen molar-refractivity contribution < 1.29 is 13.2 Å². The van der Waals surface area contributed by atoms with Gasteiger partial charge in [-0.15, -0.1) is 0 Å². The Labute approximate surface area is 215 Å². The highest BCUT2D eigenvalue weighted by Gasteiger charge is 2.44. The molecule has 0 heterocycles. The van der Waals surface area contributed by atoms with Crippen LogP contribution in [0.25, 0.3) is 0 Å². The quantitative estimate of drug-likeness (QED) is 0.298. The van der Waals surface area contributed by atoms with Crippen molar-refractivity contribution in [3.05, 3.63) is 0 Å². The summed E-state index contributed by atoms with van der Waals surface area (Å²) in [7, 11) is 0. The molecule has 0 radical (unpaired) electrons. The van der Waals surface area contributed by atoms with E-state index in [-0.39, 0.29) is 11.8 Å². The van der Waals surface area contributed by atoms with Crippen LogP contribution >= 0.6 is 0 Å². The zero-order valence-electron chi connectivity index (χ0n) is 22.9. The lowest BCUT2D eigenvalue weighted by molar-refractivity contribution is -0.0162. The second-order valence-corrected chi connectivity index (χ2v) is 13.4. The molecule has 4 aliphatic rings. The van der Waals surface area contributed by atoms with E-state index in [1.54, 1.807) is 0 Å². The van der Waals surface area contributed by atoms with Crippen molar-refractivity contribution >= 4 is 0 Å². The van der Waals surface area contributed by atoms with Crippen molar-refractivity contribution in [1.29, 1.82) is 0 Å². The molecule has 0 nitrogen and oxygen atoms in total. The van der Waals surface area contributed by atoms with Crippen LogP contribution in [0.1, 0.15) is 136 Å². The molecule has 0 aliphatic heterocycles. The van der Waals surface area contributed by atoms with E-state index in [9.17, 15) is 4.39 Å². The molecule has 0 saturated heterocycles. The molecule has 3 heteroatoms. The van der Waals surface area contributed by atoms with Crippen LogP contribution in [-0.2, 0) is 0 Å². The highest BCUT2D eigenvalue weighted by Crippen LogP contribution is 2.47. The van der Waals surface area contributed by atoms with Gasteiger partial charge in [-0.3, -0.25) is 0 Å². The van der Waals surface area contributed by atoms with Crippen LogP contribution in [0.2, 0.25) is 0 Å². The van der Waals surface area contributed by atoms with Gasteiger partial charge in [-0.25, -0.2) is 13.2 Å². The summed E-state index contributed by atoms with van der Waals surface area (Å²) in [6, 6.07) is 0. The molecule has 0 aromatic heterocycles. The molecule has 4 unspecified atom stereocenters. The zero-order chi connectivity index (χ0) is 24.8. The summed E-state index contributed by atoms with van der Waals surface area (Å²) < 4.78 is 45.1. The lowest BCUT2D eigenvalue weighted by Gasteiger charge is -2.42. The summed E-state index contributed by atoms with van der Waals surface area (Å²) >= 11 is 0. The van der Waals surface area contributed by atoms with E-state index in [2.05, 4.69) is 13.8 Å². The minimum absolute atomic E-state index is 0.0223. The van der Waals surface area contributed by atoms with Crippen LogP contribution in [0.4, 0.5) is 13.2 Å². The SMILES string of the molecule is CCCC[C@H]1CCC([C@H]2CC[C@@H](CC[C@H]3CC[C@@H](C4CCC(CC)CC4)C(F)C3F)CC2)CC1F. The van der Waals surface area contributed by atoms with E-state index in [1.165, 1.54) is 64.2 Å². The average molecular weight is 497 g/mol. The van der Waals surface area contributed by atoms with E-state index in [1.807, 2.05) is 0 Å². The van der Waals surface area contributed by atoms with Crippen molar-refractivity contribution in [2.45, 2.75) is 154 Å². The smallest absolute Gasteiger partial charge is 0.134 e. The van der Waals surface area contributed by atoms with E-state index >= 15 is 8.78 Å². The Hall–Kier alpha value is -0.210. The second kappa shape index (κ2) is 13.5. The third kappa shape index (κ3) is 7.22. The lowest BCUT2D eigenvalue weighted by atomic mass is 9.65.